The molecule has 0 atom stereocenters. The minimum absolute atomic E-state index is 0.577. The van der Waals surface area contributed by atoms with Gasteiger partial charge in [-0.25, -0.2) is 4.79 Å². The van der Waals surface area contributed by atoms with Gasteiger partial charge in [-0.15, -0.1) is 0 Å². The van der Waals surface area contributed by atoms with E-state index in [0.717, 1.165) is 0 Å². The monoisotopic (exact) mass is 260 g/mol. The number of carboxylic acids is 1. The van der Waals surface area contributed by atoms with E-state index in [1.54, 1.807) is 0 Å². The van der Waals surface area contributed by atoms with Gasteiger partial charge in [0.25, 0.3) is 5.09 Å². The van der Waals surface area contributed by atoms with Crippen LogP contribution in [0.15, 0.2) is 9.51 Å². The molecule has 78 valence electrons. The molecule has 2 N–H and O–H groups in total. The maximum absolute atomic E-state index is 10.6. The van der Waals surface area contributed by atoms with Crippen LogP contribution in [0.25, 0.3) is 0 Å². The summed E-state index contributed by atoms with van der Waals surface area (Å²) in [4.78, 5) is 10.4. The predicted octanol–water partition coefficient (Wildman–Crippen LogP) is 1.53. The summed E-state index contributed by atoms with van der Waals surface area (Å²) in [5.74, 6) is -2.43. The molecule has 0 bridgehead atoms. The zero-order valence-corrected chi connectivity index (χ0v) is 8.52. The first-order valence-electron chi connectivity index (χ1n) is 2.93. The molecule has 0 saturated carbocycles. The Morgan fingerprint density at radius 1 is 1.29 bits per heavy atom. The van der Waals surface area contributed by atoms with Crippen LogP contribution < -0.4 is 0 Å². The van der Waals surface area contributed by atoms with Gasteiger partial charge in [0.05, 0.1) is 0 Å². The Hall–Kier alpha value is -0.760. The van der Waals surface area contributed by atoms with Crippen molar-refractivity contribution in [2.45, 2.75) is 5.09 Å². The molecule has 0 unspecified atom stereocenters. The molecule has 0 spiro atoms. The average Bonchev–Trinajstić information content (AvgIpc) is 2.28. The quantitative estimate of drug-likeness (QED) is 0.782. The molecule has 6 nitrogen and oxygen atoms in total. The van der Waals surface area contributed by atoms with Crippen LogP contribution in [0.3, 0.4) is 0 Å². The van der Waals surface area contributed by atoms with Crippen LogP contribution in [0, 0.1) is 0 Å². The maximum Gasteiger partial charge on any atom is 0.373 e. The lowest BCUT2D eigenvalue weighted by atomic mass is 10.4. The zero-order chi connectivity index (χ0) is 11.1. The first-order chi connectivity index (χ1) is 6.25. The van der Waals surface area contributed by atoms with Crippen LogP contribution in [-0.2, 0) is 10.1 Å². The van der Waals surface area contributed by atoms with E-state index in [1.165, 1.54) is 0 Å². The summed E-state index contributed by atoms with van der Waals surface area (Å²) in [6.45, 7) is 0. The normalized spacial score (nSPS) is 11.6. The van der Waals surface area contributed by atoms with Crippen molar-refractivity contribution in [1.82, 2.24) is 0 Å². The van der Waals surface area contributed by atoms with Gasteiger partial charge >= 0.3 is 16.1 Å². The van der Waals surface area contributed by atoms with Gasteiger partial charge in [0, 0.05) is 0 Å². The Bertz CT molecular complexity index is 487. The molecule has 0 aliphatic rings. The summed E-state index contributed by atoms with van der Waals surface area (Å²) in [5, 5.41) is 6.14. The topological polar surface area (TPSA) is 105 Å². The second-order valence-corrected chi connectivity index (χ2v) is 4.20. The second kappa shape index (κ2) is 3.43. The lowest BCUT2D eigenvalue weighted by Crippen LogP contribution is -1.97. The van der Waals surface area contributed by atoms with Gasteiger partial charge in [-0.05, 0) is 0 Å². The highest BCUT2D eigenvalue weighted by Crippen LogP contribution is 2.35. The van der Waals surface area contributed by atoms with E-state index in [-0.39, 0.29) is 0 Å². The summed E-state index contributed by atoms with van der Waals surface area (Å²) >= 11 is 10.6. The molecular formula is C5H2Cl2O6S. The number of carbonyl (C=O) groups is 1. The highest BCUT2D eigenvalue weighted by molar-refractivity contribution is 7.85. The van der Waals surface area contributed by atoms with E-state index in [2.05, 4.69) is 4.42 Å². The molecule has 1 heterocycles. The molecule has 0 saturated heterocycles. The number of hydrogen-bond donors (Lipinski definition) is 2. The predicted molar refractivity (Wildman–Crippen MR) is 45.5 cm³/mol. The second-order valence-electron chi connectivity index (χ2n) is 2.13. The number of aromatic carboxylic acids is 1. The lowest BCUT2D eigenvalue weighted by Gasteiger charge is -1.89. The van der Waals surface area contributed by atoms with Gasteiger partial charge in [0.2, 0.25) is 5.76 Å². The average molecular weight is 261 g/mol. The van der Waals surface area contributed by atoms with Crippen molar-refractivity contribution in [1.29, 1.82) is 0 Å². The van der Waals surface area contributed by atoms with Gasteiger partial charge in [-0.3, -0.25) is 4.55 Å². The van der Waals surface area contributed by atoms with E-state index in [0.29, 0.717) is 0 Å². The van der Waals surface area contributed by atoms with Crippen LogP contribution in [0.4, 0.5) is 0 Å². The minimum atomic E-state index is -4.72. The van der Waals surface area contributed by atoms with Gasteiger partial charge in [-0.1, -0.05) is 23.2 Å². The van der Waals surface area contributed by atoms with Crippen LogP contribution in [0.5, 0.6) is 0 Å². The Balaban J connectivity index is 3.52. The molecular weight excluding hydrogens is 259 g/mol. The van der Waals surface area contributed by atoms with Gasteiger partial charge in [0.1, 0.15) is 10.0 Å². The molecule has 1 rings (SSSR count). The molecule has 1 aromatic rings. The van der Waals surface area contributed by atoms with Crippen molar-refractivity contribution in [2.75, 3.05) is 0 Å². The van der Waals surface area contributed by atoms with Crippen molar-refractivity contribution >= 4 is 39.3 Å². The Labute approximate surface area is 87.8 Å². The van der Waals surface area contributed by atoms with E-state index in [1.807, 2.05) is 0 Å². The fourth-order valence-corrected chi connectivity index (χ4v) is 1.87. The van der Waals surface area contributed by atoms with E-state index in [9.17, 15) is 13.2 Å². The lowest BCUT2D eigenvalue weighted by molar-refractivity contribution is 0.0656. The fourth-order valence-electron chi connectivity index (χ4n) is 0.675. The smallest absolute Gasteiger partial charge is 0.373 e. The fraction of sp³-hybridized carbons (Fsp3) is 0. The minimum Gasteiger partial charge on any atom is -0.475 e. The van der Waals surface area contributed by atoms with Crippen molar-refractivity contribution in [2.24, 2.45) is 0 Å². The highest BCUT2D eigenvalue weighted by atomic mass is 35.5. The maximum atomic E-state index is 10.6. The highest BCUT2D eigenvalue weighted by Gasteiger charge is 2.29. The standard InChI is InChI=1S/C5H2Cl2O6S/c6-1-2(7)5(14(10,11)12)13-3(1)4(8)9/h(H,8,9)(H,10,11,12). The summed E-state index contributed by atoms with van der Waals surface area (Å²) in [7, 11) is -4.72. The third-order valence-corrected chi connectivity index (χ3v) is 2.88. The molecule has 1 aromatic heterocycles. The Kier molecular flexibility index (Phi) is 2.77. The van der Waals surface area contributed by atoms with Crippen molar-refractivity contribution in [3.8, 4) is 0 Å². The SMILES string of the molecule is O=C(O)c1oc(S(=O)(=O)O)c(Cl)c1Cl. The first-order valence-corrected chi connectivity index (χ1v) is 5.13. The van der Waals surface area contributed by atoms with Crippen LogP contribution in [-0.4, -0.2) is 24.0 Å². The van der Waals surface area contributed by atoms with Crippen LogP contribution in [0.2, 0.25) is 10.0 Å². The number of rotatable bonds is 2. The van der Waals surface area contributed by atoms with Crippen molar-refractivity contribution in [3.63, 3.8) is 0 Å². The number of carboxylic acid groups (broad SMARTS) is 1. The summed E-state index contributed by atoms with van der Waals surface area (Å²) < 4.78 is 33.9. The number of furan rings is 1. The third-order valence-electron chi connectivity index (χ3n) is 1.19. The van der Waals surface area contributed by atoms with Gasteiger partial charge in [0.15, 0.2) is 0 Å². The number of hydrogen-bond acceptors (Lipinski definition) is 4. The Morgan fingerprint density at radius 2 is 1.79 bits per heavy atom. The molecule has 0 aliphatic heterocycles. The molecule has 0 amide bonds. The third kappa shape index (κ3) is 1.85. The van der Waals surface area contributed by atoms with Crippen molar-refractivity contribution in [3.05, 3.63) is 15.8 Å². The van der Waals surface area contributed by atoms with Gasteiger partial charge < -0.3 is 9.52 Å². The van der Waals surface area contributed by atoms with Crippen molar-refractivity contribution < 1.29 is 27.3 Å². The van der Waals surface area contributed by atoms with E-state index in [4.69, 9.17) is 32.9 Å². The van der Waals surface area contributed by atoms with Gasteiger partial charge in [-0.2, -0.15) is 8.42 Å². The molecule has 14 heavy (non-hydrogen) atoms. The first kappa shape index (κ1) is 11.3. The molecule has 9 heteroatoms. The zero-order valence-electron chi connectivity index (χ0n) is 6.19. The van der Waals surface area contributed by atoms with Crippen LogP contribution >= 0.6 is 23.2 Å². The molecule has 0 radical (unpaired) electrons. The molecule has 0 aliphatic carbocycles. The summed E-state index contributed by atoms with van der Waals surface area (Å²) in [5.41, 5.74) is 0. The Morgan fingerprint density at radius 3 is 2.00 bits per heavy atom. The molecule has 0 aromatic carbocycles. The molecule has 0 fully saturated rings. The van der Waals surface area contributed by atoms with Crippen LogP contribution in [0.1, 0.15) is 10.6 Å². The largest absolute Gasteiger partial charge is 0.475 e. The summed E-state index contributed by atoms with van der Waals surface area (Å²) in [6, 6.07) is 0. The van der Waals surface area contributed by atoms with E-state index >= 15 is 0 Å². The van der Waals surface area contributed by atoms with E-state index < -0.39 is 37.0 Å². The number of halogens is 2. The summed E-state index contributed by atoms with van der Waals surface area (Å²) in [6.07, 6.45) is 0.